The second kappa shape index (κ2) is 10.2. The van der Waals surface area contributed by atoms with Crippen molar-refractivity contribution in [1.29, 1.82) is 0 Å². The Kier molecular flexibility index (Phi) is 7.28. The second-order valence-electron chi connectivity index (χ2n) is 8.95. The minimum atomic E-state index is -0.905. The molecule has 3 N–H and O–H groups in total. The predicted octanol–water partition coefficient (Wildman–Crippen LogP) is 5.02. The van der Waals surface area contributed by atoms with Crippen molar-refractivity contribution in [2.24, 2.45) is 5.73 Å². The molecule has 3 aromatic rings. The number of nitrogens with zero attached hydrogens (tertiary/aromatic N) is 1. The lowest BCUT2D eigenvalue weighted by molar-refractivity contribution is -0.119. The number of amides is 2. The highest BCUT2D eigenvalue weighted by Gasteiger charge is 2.27. The third kappa shape index (κ3) is 5.05. The molecule has 9 heteroatoms. The highest BCUT2D eigenvalue weighted by atomic mass is 35.5. The van der Waals surface area contributed by atoms with Gasteiger partial charge in [0.25, 0.3) is 11.5 Å². The number of ether oxygens (including phenoxy) is 1. The number of rotatable bonds is 5. The molecule has 0 radical (unpaired) electrons. The Morgan fingerprint density at radius 2 is 1.94 bits per heavy atom. The number of benzene rings is 2. The summed E-state index contributed by atoms with van der Waals surface area (Å²) in [5, 5.41) is 3.19. The molecule has 188 valence electrons. The van der Waals surface area contributed by atoms with Gasteiger partial charge in [-0.15, -0.1) is 0 Å². The summed E-state index contributed by atoms with van der Waals surface area (Å²) in [6.07, 6.45) is 2.22. The van der Waals surface area contributed by atoms with Crippen LogP contribution in [0.5, 0.6) is 0 Å². The van der Waals surface area contributed by atoms with E-state index in [1.54, 1.807) is 13.1 Å². The maximum Gasteiger partial charge on any atom is 0.251 e. The Hall–Kier alpha value is -3.49. The number of primary amides is 1. The van der Waals surface area contributed by atoms with Gasteiger partial charge in [-0.2, -0.15) is 0 Å². The lowest BCUT2D eigenvalue weighted by atomic mass is 9.90. The first-order valence-corrected chi connectivity index (χ1v) is 12.1. The topological polar surface area (TPSA) is 103 Å². The molecule has 0 saturated heterocycles. The van der Waals surface area contributed by atoms with Gasteiger partial charge in [0.15, 0.2) is 0 Å². The van der Waals surface area contributed by atoms with E-state index in [9.17, 15) is 18.8 Å². The Bertz CT molecular complexity index is 1400. The summed E-state index contributed by atoms with van der Waals surface area (Å²) < 4.78 is 21.7. The molecule has 3 atom stereocenters. The molecule has 1 aromatic heterocycles. The molecule has 2 amide bonds. The van der Waals surface area contributed by atoms with Crippen molar-refractivity contribution in [1.82, 2.24) is 4.57 Å². The van der Waals surface area contributed by atoms with E-state index < -0.39 is 23.7 Å². The summed E-state index contributed by atoms with van der Waals surface area (Å²) in [6.45, 7) is 5.67. The zero-order valence-electron chi connectivity index (χ0n) is 20.2. The van der Waals surface area contributed by atoms with Gasteiger partial charge in [-0.3, -0.25) is 14.4 Å². The lowest BCUT2D eigenvalue weighted by Gasteiger charge is -2.28. The van der Waals surface area contributed by atoms with E-state index >= 15 is 0 Å². The van der Waals surface area contributed by atoms with Gasteiger partial charge < -0.3 is 20.4 Å². The highest BCUT2D eigenvalue weighted by molar-refractivity contribution is 6.30. The van der Waals surface area contributed by atoms with Crippen molar-refractivity contribution in [2.45, 2.75) is 51.9 Å². The molecule has 1 aliphatic rings. The summed E-state index contributed by atoms with van der Waals surface area (Å²) in [6, 6.07) is 9.85. The van der Waals surface area contributed by atoms with Gasteiger partial charge in [-0.1, -0.05) is 24.6 Å². The molecule has 0 unspecified atom stereocenters. The van der Waals surface area contributed by atoms with Crippen molar-refractivity contribution in [3.05, 3.63) is 86.5 Å². The first kappa shape index (κ1) is 25.6. The predicted molar refractivity (Wildman–Crippen MR) is 137 cm³/mol. The Morgan fingerprint density at radius 1 is 1.19 bits per heavy atom. The molecule has 0 spiro atoms. The summed E-state index contributed by atoms with van der Waals surface area (Å²) in [5.41, 5.74) is 8.01. The quantitative estimate of drug-likeness (QED) is 0.502. The van der Waals surface area contributed by atoms with Crippen molar-refractivity contribution >= 4 is 29.1 Å². The van der Waals surface area contributed by atoms with Gasteiger partial charge in [0.05, 0.1) is 17.8 Å². The number of nitrogens with two attached hydrogens (primary N) is 1. The van der Waals surface area contributed by atoms with Gasteiger partial charge in [0.1, 0.15) is 11.9 Å². The fraction of sp³-hybridized carbons (Fsp3) is 0.296. The molecule has 7 nitrogen and oxygen atoms in total. The third-order valence-electron chi connectivity index (χ3n) is 6.38. The summed E-state index contributed by atoms with van der Waals surface area (Å²) in [7, 11) is 0. The number of hydrogen-bond donors (Lipinski definition) is 2. The van der Waals surface area contributed by atoms with Gasteiger partial charge in [-0.05, 0) is 73.7 Å². The number of nitrogens with one attached hydrogen (secondary N) is 1. The molecule has 4 rings (SSSR count). The second-order valence-corrected chi connectivity index (χ2v) is 9.39. The monoisotopic (exact) mass is 511 g/mol. The van der Waals surface area contributed by atoms with Crippen molar-refractivity contribution in [2.75, 3.05) is 5.32 Å². The van der Waals surface area contributed by atoms with E-state index in [0.717, 1.165) is 22.8 Å². The molecule has 2 aromatic carbocycles. The van der Waals surface area contributed by atoms with Crippen LogP contribution in [0, 0.1) is 5.82 Å². The van der Waals surface area contributed by atoms with Crippen LogP contribution in [0.2, 0.25) is 5.02 Å². The van der Waals surface area contributed by atoms with Crippen LogP contribution < -0.4 is 16.6 Å². The molecule has 36 heavy (non-hydrogen) atoms. The third-order valence-corrected chi connectivity index (χ3v) is 6.62. The average Bonchev–Trinajstić information content (AvgIpc) is 2.80. The van der Waals surface area contributed by atoms with E-state index in [-0.39, 0.29) is 29.0 Å². The van der Waals surface area contributed by atoms with Crippen LogP contribution in [-0.2, 0) is 16.0 Å². The number of halogens is 2. The first-order chi connectivity index (χ1) is 17.1. The largest absolute Gasteiger partial charge is 0.370 e. The smallest absolute Gasteiger partial charge is 0.251 e. The van der Waals surface area contributed by atoms with Crippen molar-refractivity contribution < 1.29 is 18.7 Å². The van der Waals surface area contributed by atoms with Gasteiger partial charge >= 0.3 is 0 Å². The standard InChI is InChI=1S/C27H27ClFN3O4/c1-4-24(27(35)31-18-7-8-19(26(30)34)23(29)11-18)32-13-22-15(3)36-14(2)9-16-5-6-17(28)10-20(16)21(22)12-25(32)33/h5-8,10-15,24H,4,9H2,1-3H3,(H2,30,34)(H,31,35)/t14-,15+,24+/m1/s1. The van der Waals surface area contributed by atoms with E-state index in [1.165, 1.54) is 22.8 Å². The van der Waals surface area contributed by atoms with Crippen LogP contribution in [0.25, 0.3) is 11.1 Å². The summed E-state index contributed by atoms with van der Waals surface area (Å²) >= 11 is 6.29. The molecule has 1 aliphatic heterocycles. The van der Waals surface area contributed by atoms with Crippen LogP contribution in [0.4, 0.5) is 10.1 Å². The summed E-state index contributed by atoms with van der Waals surface area (Å²) in [5.74, 6) is -2.25. The molecular weight excluding hydrogens is 485 g/mol. The number of fused-ring (bicyclic) bond motifs is 3. The van der Waals surface area contributed by atoms with E-state index in [4.69, 9.17) is 22.1 Å². The van der Waals surface area contributed by atoms with Crippen molar-refractivity contribution in [3.63, 3.8) is 0 Å². The molecular formula is C27H27ClFN3O4. The Morgan fingerprint density at radius 3 is 2.61 bits per heavy atom. The van der Waals surface area contributed by atoms with E-state index in [0.29, 0.717) is 23.4 Å². The van der Waals surface area contributed by atoms with Crippen LogP contribution in [0.1, 0.15) is 60.8 Å². The fourth-order valence-electron chi connectivity index (χ4n) is 4.65. The van der Waals surface area contributed by atoms with E-state index in [1.807, 2.05) is 32.0 Å². The van der Waals surface area contributed by atoms with E-state index in [2.05, 4.69) is 5.32 Å². The molecule has 0 aliphatic carbocycles. The molecule has 0 bridgehead atoms. The number of anilines is 1. The average molecular weight is 512 g/mol. The zero-order valence-corrected chi connectivity index (χ0v) is 20.9. The minimum absolute atomic E-state index is 0.0722. The fourth-order valence-corrected chi connectivity index (χ4v) is 4.82. The van der Waals surface area contributed by atoms with Gasteiger partial charge in [0, 0.05) is 28.5 Å². The molecule has 2 heterocycles. The first-order valence-electron chi connectivity index (χ1n) is 11.7. The maximum absolute atomic E-state index is 14.2. The van der Waals surface area contributed by atoms with Crippen LogP contribution in [-0.4, -0.2) is 22.5 Å². The SMILES string of the molecule is CC[C@@H](C(=O)Nc1ccc(C(N)=O)c(F)c1)n1cc2c(cc1=O)-c1cc(Cl)ccc1C[C@@H](C)O[C@H]2C. The Labute approximate surface area is 213 Å². The van der Waals surface area contributed by atoms with Crippen LogP contribution >= 0.6 is 11.6 Å². The van der Waals surface area contributed by atoms with Crippen molar-refractivity contribution in [3.8, 4) is 11.1 Å². The van der Waals surface area contributed by atoms with Gasteiger partial charge in [-0.25, -0.2) is 4.39 Å². The molecule has 0 fully saturated rings. The summed E-state index contributed by atoms with van der Waals surface area (Å²) in [4.78, 5) is 37.7. The van der Waals surface area contributed by atoms with Crippen LogP contribution in [0.15, 0.2) is 53.5 Å². The van der Waals surface area contributed by atoms with Crippen LogP contribution in [0.3, 0.4) is 0 Å². The minimum Gasteiger partial charge on any atom is -0.370 e. The number of pyridine rings is 1. The molecule has 0 saturated carbocycles. The number of carbonyl (C=O) groups excluding carboxylic acids is 2. The lowest BCUT2D eigenvalue weighted by Crippen LogP contribution is -2.33. The number of carbonyl (C=O) groups is 2. The normalized spacial score (nSPS) is 17.8. The maximum atomic E-state index is 14.2. The Balaban J connectivity index is 1.74. The zero-order chi connectivity index (χ0) is 26.1. The highest BCUT2D eigenvalue weighted by Crippen LogP contribution is 2.37. The van der Waals surface area contributed by atoms with Gasteiger partial charge in [0.2, 0.25) is 5.91 Å². The number of hydrogen-bond acceptors (Lipinski definition) is 4. The number of aromatic nitrogens is 1.